The van der Waals surface area contributed by atoms with Gasteiger partial charge in [0.15, 0.2) is 0 Å². The fourth-order valence-corrected chi connectivity index (χ4v) is 1.70. The lowest BCUT2D eigenvalue weighted by Gasteiger charge is -2.11. The van der Waals surface area contributed by atoms with Gasteiger partial charge >= 0.3 is 0 Å². The summed E-state index contributed by atoms with van der Waals surface area (Å²) < 4.78 is 0. The largest absolute Gasteiger partial charge is 0.399 e. The molecule has 0 spiro atoms. The summed E-state index contributed by atoms with van der Waals surface area (Å²) >= 11 is 0. The standard InChI is InChI=1S/C14H12N4O/c15-8-9-2-1-3-11(6-9)18-13-5-4-10(16)7-12(13)14(17)19/h1-7,18H,16H2,(H2,17,19). The molecule has 0 aliphatic rings. The highest BCUT2D eigenvalue weighted by Gasteiger charge is 2.09. The number of nitriles is 1. The fraction of sp³-hybridized carbons (Fsp3) is 0. The first-order valence-corrected chi connectivity index (χ1v) is 5.56. The van der Waals surface area contributed by atoms with E-state index < -0.39 is 5.91 Å². The Bertz CT molecular complexity index is 673. The monoisotopic (exact) mass is 252 g/mol. The summed E-state index contributed by atoms with van der Waals surface area (Å²) in [6.07, 6.45) is 0. The minimum Gasteiger partial charge on any atom is -0.399 e. The molecule has 2 rings (SSSR count). The highest BCUT2D eigenvalue weighted by atomic mass is 16.1. The van der Waals surface area contributed by atoms with E-state index in [4.69, 9.17) is 16.7 Å². The molecular weight excluding hydrogens is 240 g/mol. The first kappa shape index (κ1) is 12.5. The van der Waals surface area contributed by atoms with Crippen molar-refractivity contribution in [1.82, 2.24) is 0 Å². The van der Waals surface area contributed by atoms with Crippen LogP contribution in [0.25, 0.3) is 0 Å². The second-order valence-electron chi connectivity index (χ2n) is 3.99. The smallest absolute Gasteiger partial charge is 0.250 e. The van der Waals surface area contributed by atoms with Gasteiger partial charge in [-0.1, -0.05) is 6.07 Å². The molecule has 0 atom stereocenters. The van der Waals surface area contributed by atoms with Gasteiger partial charge in [-0.05, 0) is 36.4 Å². The van der Waals surface area contributed by atoms with Gasteiger partial charge in [0.1, 0.15) is 0 Å². The number of hydrogen-bond acceptors (Lipinski definition) is 4. The molecule has 5 heteroatoms. The number of nitrogens with zero attached hydrogens (tertiary/aromatic N) is 1. The predicted octanol–water partition coefficient (Wildman–Crippen LogP) is 1.98. The van der Waals surface area contributed by atoms with Crippen molar-refractivity contribution in [2.24, 2.45) is 5.73 Å². The van der Waals surface area contributed by atoms with Crippen LogP contribution in [-0.2, 0) is 0 Å². The van der Waals surface area contributed by atoms with Gasteiger partial charge in [-0.25, -0.2) is 0 Å². The molecule has 2 aromatic rings. The van der Waals surface area contributed by atoms with E-state index in [0.717, 1.165) is 0 Å². The van der Waals surface area contributed by atoms with Gasteiger partial charge in [0, 0.05) is 11.4 Å². The lowest BCUT2D eigenvalue weighted by molar-refractivity contribution is 0.100. The molecule has 0 aliphatic carbocycles. The van der Waals surface area contributed by atoms with E-state index in [0.29, 0.717) is 28.2 Å². The van der Waals surface area contributed by atoms with Gasteiger partial charge in [0.25, 0.3) is 5.91 Å². The molecule has 5 nitrogen and oxygen atoms in total. The number of nitrogens with two attached hydrogens (primary N) is 2. The number of nitrogens with one attached hydrogen (secondary N) is 1. The number of nitrogen functional groups attached to an aromatic ring is 1. The van der Waals surface area contributed by atoms with Crippen LogP contribution in [0.15, 0.2) is 42.5 Å². The van der Waals surface area contributed by atoms with Crippen molar-refractivity contribution in [2.75, 3.05) is 11.1 Å². The topological polar surface area (TPSA) is 105 Å². The maximum atomic E-state index is 11.4. The van der Waals surface area contributed by atoms with Crippen molar-refractivity contribution in [3.8, 4) is 6.07 Å². The van der Waals surface area contributed by atoms with Gasteiger partial charge in [-0.2, -0.15) is 5.26 Å². The van der Waals surface area contributed by atoms with Gasteiger partial charge in [0.05, 0.1) is 22.9 Å². The summed E-state index contributed by atoms with van der Waals surface area (Å²) in [6.45, 7) is 0. The minimum absolute atomic E-state index is 0.308. The normalized spacial score (nSPS) is 9.63. The second-order valence-corrected chi connectivity index (χ2v) is 3.99. The van der Waals surface area contributed by atoms with E-state index in [1.165, 1.54) is 6.07 Å². The molecule has 0 bridgehead atoms. The fourth-order valence-electron chi connectivity index (χ4n) is 1.70. The van der Waals surface area contributed by atoms with E-state index in [1.54, 1.807) is 36.4 Å². The number of amides is 1. The molecule has 0 fully saturated rings. The molecule has 0 heterocycles. The molecule has 0 saturated carbocycles. The van der Waals surface area contributed by atoms with E-state index in [9.17, 15) is 4.79 Å². The van der Waals surface area contributed by atoms with E-state index in [1.807, 2.05) is 6.07 Å². The van der Waals surface area contributed by atoms with Crippen LogP contribution in [0.2, 0.25) is 0 Å². The summed E-state index contributed by atoms with van der Waals surface area (Å²) in [7, 11) is 0. The molecule has 94 valence electrons. The molecule has 19 heavy (non-hydrogen) atoms. The van der Waals surface area contributed by atoms with Crippen LogP contribution in [0.4, 0.5) is 17.1 Å². The van der Waals surface area contributed by atoms with Crippen LogP contribution >= 0.6 is 0 Å². The summed E-state index contributed by atoms with van der Waals surface area (Å²) in [6, 6.07) is 13.8. The number of hydrogen-bond donors (Lipinski definition) is 3. The Morgan fingerprint density at radius 2 is 2.00 bits per heavy atom. The summed E-state index contributed by atoms with van der Waals surface area (Å²) in [5.74, 6) is -0.564. The molecule has 0 saturated heterocycles. The third kappa shape index (κ3) is 2.82. The van der Waals surface area contributed by atoms with Crippen molar-refractivity contribution in [2.45, 2.75) is 0 Å². The van der Waals surface area contributed by atoms with Crippen molar-refractivity contribution in [3.05, 3.63) is 53.6 Å². The van der Waals surface area contributed by atoms with Crippen molar-refractivity contribution in [3.63, 3.8) is 0 Å². The third-order valence-corrected chi connectivity index (χ3v) is 2.58. The lowest BCUT2D eigenvalue weighted by atomic mass is 10.1. The van der Waals surface area contributed by atoms with Crippen LogP contribution in [0.1, 0.15) is 15.9 Å². The van der Waals surface area contributed by atoms with Gasteiger partial charge in [0.2, 0.25) is 0 Å². The maximum Gasteiger partial charge on any atom is 0.250 e. The Morgan fingerprint density at radius 3 is 2.68 bits per heavy atom. The number of anilines is 3. The average molecular weight is 252 g/mol. The number of carbonyl (C=O) groups excluding carboxylic acids is 1. The second kappa shape index (κ2) is 5.10. The molecule has 2 aromatic carbocycles. The van der Waals surface area contributed by atoms with Crippen molar-refractivity contribution >= 4 is 23.0 Å². The Morgan fingerprint density at radius 1 is 1.21 bits per heavy atom. The van der Waals surface area contributed by atoms with Crippen molar-refractivity contribution in [1.29, 1.82) is 5.26 Å². The van der Waals surface area contributed by atoms with E-state index >= 15 is 0 Å². The van der Waals surface area contributed by atoms with Gasteiger partial charge in [-0.3, -0.25) is 4.79 Å². The summed E-state index contributed by atoms with van der Waals surface area (Å²) in [5.41, 5.74) is 13.5. The zero-order chi connectivity index (χ0) is 13.8. The zero-order valence-corrected chi connectivity index (χ0v) is 10.1. The SMILES string of the molecule is N#Cc1cccc(Nc2ccc(N)cc2C(N)=O)c1. The molecule has 0 unspecified atom stereocenters. The lowest BCUT2D eigenvalue weighted by Crippen LogP contribution is -2.13. The average Bonchev–Trinajstić information content (AvgIpc) is 2.41. The van der Waals surface area contributed by atoms with Gasteiger partial charge < -0.3 is 16.8 Å². The number of carbonyl (C=O) groups is 1. The minimum atomic E-state index is -0.564. The highest BCUT2D eigenvalue weighted by Crippen LogP contribution is 2.23. The molecule has 1 amide bonds. The van der Waals surface area contributed by atoms with Crippen LogP contribution in [-0.4, -0.2) is 5.91 Å². The molecule has 5 N–H and O–H groups in total. The molecule has 0 radical (unpaired) electrons. The summed E-state index contributed by atoms with van der Waals surface area (Å²) in [5, 5.41) is 11.9. The molecule has 0 aliphatic heterocycles. The molecular formula is C14H12N4O. The van der Waals surface area contributed by atoms with Crippen LogP contribution < -0.4 is 16.8 Å². The van der Waals surface area contributed by atoms with E-state index in [2.05, 4.69) is 5.32 Å². The van der Waals surface area contributed by atoms with Crippen LogP contribution in [0.3, 0.4) is 0 Å². The zero-order valence-electron chi connectivity index (χ0n) is 10.1. The highest BCUT2D eigenvalue weighted by molar-refractivity contribution is 6.00. The predicted molar refractivity (Wildman–Crippen MR) is 73.8 cm³/mol. The first-order valence-electron chi connectivity index (χ1n) is 5.56. The van der Waals surface area contributed by atoms with Crippen LogP contribution in [0.5, 0.6) is 0 Å². The third-order valence-electron chi connectivity index (χ3n) is 2.58. The number of benzene rings is 2. The quantitative estimate of drug-likeness (QED) is 0.726. The van der Waals surface area contributed by atoms with Gasteiger partial charge in [-0.15, -0.1) is 0 Å². The van der Waals surface area contributed by atoms with Crippen molar-refractivity contribution < 1.29 is 4.79 Å². The Kier molecular flexibility index (Phi) is 3.35. The molecule has 0 aromatic heterocycles. The summed E-state index contributed by atoms with van der Waals surface area (Å²) in [4.78, 5) is 11.4. The van der Waals surface area contributed by atoms with Crippen LogP contribution in [0, 0.1) is 11.3 Å². The number of primary amides is 1. The first-order chi connectivity index (χ1) is 9.10. The number of rotatable bonds is 3. The Balaban J connectivity index is 2.38. The Labute approximate surface area is 110 Å². The van der Waals surface area contributed by atoms with E-state index in [-0.39, 0.29) is 0 Å². The maximum absolute atomic E-state index is 11.4. The Hall–Kier alpha value is -3.00.